The summed E-state index contributed by atoms with van der Waals surface area (Å²) in [6.07, 6.45) is 1.42. The lowest BCUT2D eigenvalue weighted by molar-refractivity contribution is -0.137. The monoisotopic (exact) mass is 214 g/mol. The van der Waals surface area contributed by atoms with E-state index in [0.29, 0.717) is 12.6 Å². The van der Waals surface area contributed by atoms with E-state index in [0.717, 1.165) is 32.6 Å². The van der Waals surface area contributed by atoms with Crippen LogP contribution in [0.1, 0.15) is 26.7 Å². The smallest absolute Gasteiger partial charge is 0.304 e. The maximum absolute atomic E-state index is 10.5. The minimum absolute atomic E-state index is 0.266. The number of hydrogen-bond acceptors (Lipinski definition) is 3. The summed E-state index contributed by atoms with van der Waals surface area (Å²) in [5.74, 6) is -0.694. The lowest BCUT2D eigenvalue weighted by Gasteiger charge is -2.24. The van der Waals surface area contributed by atoms with Gasteiger partial charge in [0.2, 0.25) is 0 Å². The molecule has 0 spiro atoms. The first-order chi connectivity index (χ1) is 7.09. The number of carboxylic acid groups (broad SMARTS) is 1. The van der Waals surface area contributed by atoms with Crippen LogP contribution in [-0.4, -0.2) is 59.6 Å². The molecule has 1 rings (SSSR count). The second-order valence-electron chi connectivity index (χ2n) is 4.47. The third-order valence-corrected chi connectivity index (χ3v) is 3.00. The van der Waals surface area contributed by atoms with Gasteiger partial charge in [-0.05, 0) is 33.4 Å². The average molecular weight is 214 g/mol. The summed E-state index contributed by atoms with van der Waals surface area (Å²) in [5, 5.41) is 8.62. The van der Waals surface area contributed by atoms with Crippen molar-refractivity contribution < 1.29 is 9.90 Å². The Hall–Kier alpha value is -0.610. The van der Waals surface area contributed by atoms with Crippen LogP contribution < -0.4 is 0 Å². The fraction of sp³-hybridized carbons (Fsp3) is 0.909. The van der Waals surface area contributed by atoms with E-state index in [2.05, 4.69) is 23.6 Å². The normalized spacial score (nSPS) is 20.5. The van der Waals surface area contributed by atoms with E-state index in [1.165, 1.54) is 0 Å². The molecule has 1 N–H and O–H groups in total. The summed E-state index contributed by atoms with van der Waals surface area (Å²) in [6.45, 7) is 9.38. The predicted octanol–water partition coefficient (Wildman–Crippen LogP) is 0.877. The standard InChI is InChI=1S/C11H22N2O2/c1-10(2)13-6-3-5-12(8-9-13)7-4-11(14)15/h10H,3-9H2,1-2H3,(H,14,15). The predicted molar refractivity (Wildman–Crippen MR) is 60.0 cm³/mol. The van der Waals surface area contributed by atoms with Crippen LogP contribution in [0.2, 0.25) is 0 Å². The van der Waals surface area contributed by atoms with Crippen LogP contribution in [0.15, 0.2) is 0 Å². The summed E-state index contributed by atoms with van der Waals surface area (Å²) < 4.78 is 0. The van der Waals surface area contributed by atoms with Crippen molar-refractivity contribution in [2.75, 3.05) is 32.7 Å². The van der Waals surface area contributed by atoms with Crippen LogP contribution >= 0.6 is 0 Å². The minimum atomic E-state index is -0.694. The number of aliphatic carboxylic acids is 1. The highest BCUT2D eigenvalue weighted by Crippen LogP contribution is 2.06. The largest absolute Gasteiger partial charge is 0.481 e. The molecule has 0 bridgehead atoms. The molecule has 1 fully saturated rings. The van der Waals surface area contributed by atoms with Gasteiger partial charge in [-0.25, -0.2) is 0 Å². The molecule has 1 aliphatic rings. The fourth-order valence-electron chi connectivity index (χ4n) is 1.98. The van der Waals surface area contributed by atoms with E-state index in [1.807, 2.05) is 0 Å². The molecule has 4 heteroatoms. The molecule has 0 amide bonds. The van der Waals surface area contributed by atoms with Gasteiger partial charge < -0.3 is 10.0 Å². The third-order valence-electron chi connectivity index (χ3n) is 3.00. The molecule has 1 saturated heterocycles. The lowest BCUT2D eigenvalue weighted by atomic mass is 10.3. The number of hydrogen-bond donors (Lipinski definition) is 1. The van der Waals surface area contributed by atoms with Crippen LogP contribution in [0.5, 0.6) is 0 Å². The Morgan fingerprint density at radius 3 is 2.60 bits per heavy atom. The van der Waals surface area contributed by atoms with Gasteiger partial charge in [0, 0.05) is 25.7 Å². The second kappa shape index (κ2) is 6.08. The van der Waals surface area contributed by atoms with Gasteiger partial charge >= 0.3 is 5.97 Å². The van der Waals surface area contributed by atoms with Crippen molar-refractivity contribution in [2.45, 2.75) is 32.7 Å². The number of carboxylic acids is 1. The van der Waals surface area contributed by atoms with E-state index in [1.54, 1.807) is 0 Å². The van der Waals surface area contributed by atoms with Crippen LogP contribution in [0.3, 0.4) is 0 Å². The first-order valence-electron chi connectivity index (χ1n) is 5.78. The first kappa shape index (κ1) is 12.5. The van der Waals surface area contributed by atoms with Gasteiger partial charge in [-0.1, -0.05) is 0 Å². The SMILES string of the molecule is CC(C)N1CCCN(CCC(=O)O)CC1. The van der Waals surface area contributed by atoms with Crippen molar-refractivity contribution >= 4 is 5.97 Å². The van der Waals surface area contributed by atoms with Gasteiger partial charge in [0.25, 0.3) is 0 Å². The summed E-state index contributed by atoms with van der Waals surface area (Å²) in [6, 6.07) is 0.601. The van der Waals surface area contributed by atoms with Crippen molar-refractivity contribution in [3.63, 3.8) is 0 Å². The van der Waals surface area contributed by atoms with E-state index < -0.39 is 5.97 Å². The average Bonchev–Trinajstić information content (AvgIpc) is 2.39. The maximum Gasteiger partial charge on any atom is 0.304 e. The van der Waals surface area contributed by atoms with Crippen LogP contribution in [0, 0.1) is 0 Å². The van der Waals surface area contributed by atoms with Crippen molar-refractivity contribution in [3.05, 3.63) is 0 Å². The van der Waals surface area contributed by atoms with E-state index >= 15 is 0 Å². The molecule has 0 aromatic heterocycles. The number of nitrogens with zero attached hydrogens (tertiary/aromatic N) is 2. The summed E-state index contributed by atoms with van der Waals surface area (Å²) in [5.41, 5.74) is 0. The Balaban J connectivity index is 2.29. The van der Waals surface area contributed by atoms with Crippen molar-refractivity contribution in [3.8, 4) is 0 Å². The third kappa shape index (κ3) is 4.62. The van der Waals surface area contributed by atoms with Gasteiger partial charge in [-0.15, -0.1) is 0 Å². The highest BCUT2D eigenvalue weighted by atomic mass is 16.4. The Kier molecular flexibility index (Phi) is 5.05. The Morgan fingerprint density at radius 2 is 2.00 bits per heavy atom. The second-order valence-corrected chi connectivity index (χ2v) is 4.47. The maximum atomic E-state index is 10.5. The van der Waals surface area contributed by atoms with Crippen LogP contribution in [-0.2, 0) is 4.79 Å². The summed E-state index contributed by atoms with van der Waals surface area (Å²) in [4.78, 5) is 15.2. The number of carbonyl (C=O) groups is 1. The lowest BCUT2D eigenvalue weighted by Crippen LogP contribution is -2.35. The molecule has 0 aliphatic carbocycles. The molecule has 0 atom stereocenters. The Morgan fingerprint density at radius 1 is 1.27 bits per heavy atom. The van der Waals surface area contributed by atoms with E-state index in [-0.39, 0.29) is 6.42 Å². The Labute approximate surface area is 91.9 Å². The molecule has 0 unspecified atom stereocenters. The van der Waals surface area contributed by atoms with Crippen LogP contribution in [0.4, 0.5) is 0 Å². The Bertz CT molecular complexity index is 207. The first-order valence-corrected chi connectivity index (χ1v) is 5.78. The zero-order chi connectivity index (χ0) is 11.3. The highest BCUT2D eigenvalue weighted by Gasteiger charge is 2.16. The van der Waals surface area contributed by atoms with Crippen molar-refractivity contribution in [2.24, 2.45) is 0 Å². The molecule has 0 aromatic carbocycles. The van der Waals surface area contributed by atoms with Gasteiger partial charge in [-0.2, -0.15) is 0 Å². The minimum Gasteiger partial charge on any atom is -0.481 e. The fourth-order valence-corrected chi connectivity index (χ4v) is 1.98. The molecule has 0 aromatic rings. The summed E-state index contributed by atoms with van der Waals surface area (Å²) >= 11 is 0. The highest BCUT2D eigenvalue weighted by molar-refractivity contribution is 5.66. The molecule has 0 radical (unpaired) electrons. The molecule has 15 heavy (non-hydrogen) atoms. The van der Waals surface area contributed by atoms with E-state index in [4.69, 9.17) is 5.11 Å². The molecule has 88 valence electrons. The zero-order valence-corrected chi connectivity index (χ0v) is 9.78. The van der Waals surface area contributed by atoms with Crippen molar-refractivity contribution in [1.29, 1.82) is 0 Å². The van der Waals surface area contributed by atoms with Gasteiger partial charge in [-0.3, -0.25) is 9.69 Å². The van der Waals surface area contributed by atoms with E-state index in [9.17, 15) is 4.79 Å². The molecular weight excluding hydrogens is 192 g/mol. The number of rotatable bonds is 4. The summed E-state index contributed by atoms with van der Waals surface area (Å²) in [7, 11) is 0. The molecular formula is C11H22N2O2. The van der Waals surface area contributed by atoms with Crippen molar-refractivity contribution in [1.82, 2.24) is 9.80 Å². The zero-order valence-electron chi connectivity index (χ0n) is 9.78. The molecule has 4 nitrogen and oxygen atoms in total. The van der Waals surface area contributed by atoms with Crippen LogP contribution in [0.25, 0.3) is 0 Å². The van der Waals surface area contributed by atoms with Gasteiger partial charge in [0.05, 0.1) is 6.42 Å². The molecule has 1 heterocycles. The van der Waals surface area contributed by atoms with Gasteiger partial charge in [0.15, 0.2) is 0 Å². The molecule has 0 saturated carbocycles. The topological polar surface area (TPSA) is 43.8 Å². The van der Waals surface area contributed by atoms with Gasteiger partial charge in [0.1, 0.15) is 0 Å². The quantitative estimate of drug-likeness (QED) is 0.754. The molecule has 1 aliphatic heterocycles.